The van der Waals surface area contributed by atoms with Crippen molar-refractivity contribution in [2.45, 2.75) is 25.4 Å². The Balaban J connectivity index is 1.45. The quantitative estimate of drug-likeness (QED) is 0.709. The predicted octanol–water partition coefficient (Wildman–Crippen LogP) is 3.00. The molecule has 0 aliphatic carbocycles. The van der Waals surface area contributed by atoms with Crippen molar-refractivity contribution < 1.29 is 4.42 Å². The molecule has 1 aliphatic heterocycles. The minimum atomic E-state index is 0.283. The average Bonchev–Trinajstić information content (AvgIpc) is 3.42. The number of hydrogen-bond donors (Lipinski definition) is 1. The van der Waals surface area contributed by atoms with Crippen LogP contribution in [-0.2, 0) is 13.6 Å². The maximum Gasteiger partial charge on any atom is 0.122 e. The molecule has 1 fully saturated rings. The highest BCUT2D eigenvalue weighted by molar-refractivity contribution is 5.61. The molecule has 0 bridgehead atoms. The van der Waals surface area contributed by atoms with Gasteiger partial charge in [0.05, 0.1) is 18.0 Å². The SMILES string of the molecule is Cn1cc(CNCC(c2ccco2)N2CCCC2)c(-c2cccnc2)n1. The first-order chi connectivity index (χ1) is 12.8. The molecule has 0 radical (unpaired) electrons. The molecule has 4 rings (SSSR count). The van der Waals surface area contributed by atoms with Gasteiger partial charge in [-0.3, -0.25) is 14.6 Å². The molecule has 0 saturated carbocycles. The fourth-order valence-electron chi connectivity index (χ4n) is 3.70. The Bertz CT molecular complexity index is 806. The summed E-state index contributed by atoms with van der Waals surface area (Å²) in [5.41, 5.74) is 3.22. The van der Waals surface area contributed by atoms with Gasteiger partial charge in [-0.2, -0.15) is 5.10 Å². The van der Waals surface area contributed by atoms with E-state index in [1.165, 1.54) is 18.4 Å². The van der Waals surface area contributed by atoms with Crippen molar-refractivity contribution in [2.75, 3.05) is 19.6 Å². The summed E-state index contributed by atoms with van der Waals surface area (Å²) in [6.45, 7) is 3.90. The van der Waals surface area contributed by atoms with E-state index in [4.69, 9.17) is 4.42 Å². The number of aromatic nitrogens is 3. The maximum atomic E-state index is 5.70. The third-order valence-electron chi connectivity index (χ3n) is 4.95. The van der Waals surface area contributed by atoms with Crippen molar-refractivity contribution in [3.05, 3.63) is 60.4 Å². The number of likely N-dealkylation sites (tertiary alicyclic amines) is 1. The second-order valence-electron chi connectivity index (χ2n) is 6.82. The van der Waals surface area contributed by atoms with Gasteiger partial charge in [-0.25, -0.2) is 0 Å². The molecule has 4 heterocycles. The molecule has 6 nitrogen and oxygen atoms in total. The van der Waals surface area contributed by atoms with Crippen molar-refractivity contribution in [3.63, 3.8) is 0 Å². The lowest BCUT2D eigenvalue weighted by molar-refractivity contribution is 0.209. The lowest BCUT2D eigenvalue weighted by Gasteiger charge is -2.26. The van der Waals surface area contributed by atoms with Gasteiger partial charge in [0, 0.05) is 49.9 Å². The summed E-state index contributed by atoms with van der Waals surface area (Å²) in [4.78, 5) is 6.73. The Labute approximate surface area is 153 Å². The number of furan rings is 1. The lowest BCUT2D eigenvalue weighted by Crippen LogP contribution is -2.33. The minimum absolute atomic E-state index is 0.283. The summed E-state index contributed by atoms with van der Waals surface area (Å²) < 4.78 is 7.57. The normalized spacial score (nSPS) is 16.2. The molecule has 26 heavy (non-hydrogen) atoms. The molecule has 1 aliphatic rings. The zero-order valence-corrected chi connectivity index (χ0v) is 15.1. The van der Waals surface area contributed by atoms with Gasteiger partial charge in [-0.05, 0) is 50.2 Å². The Morgan fingerprint density at radius 1 is 1.23 bits per heavy atom. The van der Waals surface area contributed by atoms with Crippen LogP contribution in [0, 0.1) is 0 Å². The van der Waals surface area contributed by atoms with E-state index >= 15 is 0 Å². The van der Waals surface area contributed by atoms with Crippen molar-refractivity contribution >= 4 is 0 Å². The van der Waals surface area contributed by atoms with Gasteiger partial charge in [-0.15, -0.1) is 0 Å². The van der Waals surface area contributed by atoms with Crippen molar-refractivity contribution in [1.82, 2.24) is 25.0 Å². The highest BCUT2D eigenvalue weighted by Crippen LogP contribution is 2.25. The van der Waals surface area contributed by atoms with Gasteiger partial charge in [0.15, 0.2) is 0 Å². The third kappa shape index (κ3) is 3.71. The molecule has 1 atom stereocenters. The average molecular weight is 351 g/mol. The molecular weight excluding hydrogens is 326 g/mol. The Morgan fingerprint density at radius 2 is 2.12 bits per heavy atom. The van der Waals surface area contributed by atoms with Gasteiger partial charge >= 0.3 is 0 Å². The Kier molecular flexibility index (Phi) is 5.13. The molecule has 1 saturated heterocycles. The topological polar surface area (TPSA) is 59.1 Å². The van der Waals surface area contributed by atoms with Crippen LogP contribution >= 0.6 is 0 Å². The molecule has 0 spiro atoms. The van der Waals surface area contributed by atoms with E-state index in [9.17, 15) is 0 Å². The summed E-state index contributed by atoms with van der Waals surface area (Å²) in [6, 6.07) is 8.33. The van der Waals surface area contributed by atoms with E-state index in [-0.39, 0.29) is 6.04 Å². The van der Waals surface area contributed by atoms with E-state index in [0.29, 0.717) is 0 Å². The van der Waals surface area contributed by atoms with Crippen LogP contribution in [0.1, 0.15) is 30.2 Å². The monoisotopic (exact) mass is 351 g/mol. The molecular formula is C20H25N5O. The highest BCUT2D eigenvalue weighted by atomic mass is 16.3. The van der Waals surface area contributed by atoms with Crippen LogP contribution in [0.3, 0.4) is 0 Å². The van der Waals surface area contributed by atoms with Crippen LogP contribution in [0.2, 0.25) is 0 Å². The van der Waals surface area contributed by atoms with Crippen molar-refractivity contribution in [3.8, 4) is 11.3 Å². The molecule has 3 aromatic heterocycles. The smallest absolute Gasteiger partial charge is 0.122 e. The summed E-state index contributed by atoms with van der Waals surface area (Å²) in [7, 11) is 1.96. The third-order valence-corrected chi connectivity index (χ3v) is 4.95. The van der Waals surface area contributed by atoms with Crippen LogP contribution in [-0.4, -0.2) is 39.3 Å². The van der Waals surface area contributed by atoms with Gasteiger partial charge in [0.1, 0.15) is 5.76 Å². The minimum Gasteiger partial charge on any atom is -0.468 e. The largest absolute Gasteiger partial charge is 0.468 e. The summed E-state index contributed by atoms with van der Waals surface area (Å²) in [6.07, 6.45) is 10.0. The van der Waals surface area contributed by atoms with Crippen LogP contribution < -0.4 is 5.32 Å². The van der Waals surface area contributed by atoms with E-state index in [1.54, 1.807) is 12.5 Å². The fourth-order valence-corrected chi connectivity index (χ4v) is 3.70. The first-order valence-corrected chi connectivity index (χ1v) is 9.22. The zero-order valence-electron chi connectivity index (χ0n) is 15.1. The number of nitrogens with zero attached hydrogens (tertiary/aromatic N) is 4. The van der Waals surface area contributed by atoms with Crippen LogP contribution in [0.25, 0.3) is 11.3 Å². The van der Waals surface area contributed by atoms with E-state index < -0.39 is 0 Å². The maximum absolute atomic E-state index is 5.70. The summed E-state index contributed by atoms with van der Waals surface area (Å²) in [5.74, 6) is 1.04. The van der Waals surface area contributed by atoms with Crippen molar-refractivity contribution in [2.24, 2.45) is 7.05 Å². The molecule has 6 heteroatoms. The number of hydrogen-bond acceptors (Lipinski definition) is 5. The number of aryl methyl sites for hydroxylation is 1. The second-order valence-corrected chi connectivity index (χ2v) is 6.82. The first kappa shape index (κ1) is 17.0. The fraction of sp³-hybridized carbons (Fsp3) is 0.400. The Hall–Kier alpha value is -2.44. The number of pyridine rings is 1. The summed E-state index contributed by atoms with van der Waals surface area (Å²) >= 11 is 0. The number of rotatable bonds is 7. The number of nitrogens with one attached hydrogen (secondary N) is 1. The molecule has 136 valence electrons. The Morgan fingerprint density at radius 3 is 2.85 bits per heavy atom. The van der Waals surface area contributed by atoms with Crippen LogP contribution in [0.5, 0.6) is 0 Å². The van der Waals surface area contributed by atoms with E-state index in [0.717, 1.165) is 43.2 Å². The molecule has 0 aromatic carbocycles. The standard InChI is InChI=1S/C20H25N5O/c1-24-15-17(20(23-24)16-6-4-8-21-12-16)13-22-14-18(19-7-5-11-26-19)25-9-2-3-10-25/h4-8,11-12,15,18,22H,2-3,9-10,13-14H2,1H3. The van der Waals surface area contributed by atoms with Gasteiger partial charge in [0.2, 0.25) is 0 Å². The molecule has 1 N–H and O–H groups in total. The second kappa shape index (κ2) is 7.85. The highest BCUT2D eigenvalue weighted by Gasteiger charge is 2.25. The van der Waals surface area contributed by atoms with Crippen LogP contribution in [0.4, 0.5) is 0 Å². The molecule has 0 amide bonds. The molecule has 1 unspecified atom stereocenters. The molecule has 3 aromatic rings. The zero-order chi connectivity index (χ0) is 17.8. The van der Waals surface area contributed by atoms with E-state index in [2.05, 4.69) is 38.6 Å². The first-order valence-electron chi connectivity index (χ1n) is 9.22. The summed E-state index contributed by atoms with van der Waals surface area (Å²) in [5, 5.41) is 8.23. The van der Waals surface area contributed by atoms with E-state index in [1.807, 2.05) is 30.1 Å². The lowest BCUT2D eigenvalue weighted by atomic mass is 10.1. The van der Waals surface area contributed by atoms with Crippen molar-refractivity contribution in [1.29, 1.82) is 0 Å². The van der Waals surface area contributed by atoms with Crippen LogP contribution in [0.15, 0.2) is 53.5 Å². The van der Waals surface area contributed by atoms with Gasteiger partial charge in [0.25, 0.3) is 0 Å². The van der Waals surface area contributed by atoms with Gasteiger partial charge in [-0.1, -0.05) is 0 Å². The van der Waals surface area contributed by atoms with Gasteiger partial charge < -0.3 is 9.73 Å². The predicted molar refractivity (Wildman–Crippen MR) is 100 cm³/mol.